The first-order valence-corrected chi connectivity index (χ1v) is 10.7. The van der Waals surface area contributed by atoms with Gasteiger partial charge in [-0.1, -0.05) is 13.0 Å². The molecule has 0 radical (unpaired) electrons. The summed E-state index contributed by atoms with van der Waals surface area (Å²) in [5.41, 5.74) is 2.74. The number of carbonyl (C=O) groups is 3. The van der Waals surface area contributed by atoms with Gasteiger partial charge < -0.3 is 24.3 Å². The summed E-state index contributed by atoms with van der Waals surface area (Å²) in [6.45, 7) is 7.29. The third-order valence-electron chi connectivity index (χ3n) is 6.04. The van der Waals surface area contributed by atoms with Crippen LogP contribution in [0.5, 0.6) is 11.5 Å². The van der Waals surface area contributed by atoms with Gasteiger partial charge in [-0.2, -0.15) is 0 Å². The van der Waals surface area contributed by atoms with Gasteiger partial charge in [0.15, 0.2) is 17.3 Å². The Morgan fingerprint density at radius 1 is 1.19 bits per heavy atom. The third kappa shape index (κ3) is 3.63. The van der Waals surface area contributed by atoms with Gasteiger partial charge in [0.1, 0.15) is 5.92 Å². The van der Waals surface area contributed by atoms with E-state index in [1.54, 1.807) is 32.9 Å². The first-order chi connectivity index (χ1) is 15.2. The van der Waals surface area contributed by atoms with Crippen LogP contribution in [0.4, 0.5) is 0 Å². The maximum absolute atomic E-state index is 13.7. The Morgan fingerprint density at radius 2 is 1.91 bits per heavy atom. The number of ketones is 1. The fourth-order valence-corrected chi connectivity index (χ4v) is 4.65. The number of hydrogen-bond donors (Lipinski definition) is 1. The smallest absolute Gasteiger partial charge is 0.337 e. The highest BCUT2D eigenvalue weighted by atomic mass is 16.7. The molecule has 1 aromatic rings. The molecule has 2 aliphatic heterocycles. The van der Waals surface area contributed by atoms with Gasteiger partial charge in [-0.05, 0) is 50.8 Å². The highest BCUT2D eigenvalue weighted by molar-refractivity contribution is 6.12. The van der Waals surface area contributed by atoms with E-state index in [2.05, 4.69) is 5.32 Å². The molecule has 0 saturated carbocycles. The second kappa shape index (κ2) is 8.33. The van der Waals surface area contributed by atoms with Gasteiger partial charge in [0.05, 0.1) is 18.8 Å². The Morgan fingerprint density at radius 3 is 2.59 bits per heavy atom. The quantitative estimate of drug-likeness (QED) is 0.562. The molecule has 32 heavy (non-hydrogen) atoms. The molecule has 170 valence electrons. The molecule has 8 heteroatoms. The number of nitrogens with one attached hydrogen (secondary N) is 1. The lowest BCUT2D eigenvalue weighted by Crippen LogP contribution is -2.43. The molecule has 8 nitrogen and oxygen atoms in total. The van der Waals surface area contributed by atoms with E-state index in [1.807, 2.05) is 13.0 Å². The van der Waals surface area contributed by atoms with E-state index < -0.39 is 23.8 Å². The highest BCUT2D eigenvalue weighted by Crippen LogP contribution is 2.47. The van der Waals surface area contributed by atoms with Gasteiger partial charge in [-0.25, -0.2) is 4.79 Å². The Kier molecular flexibility index (Phi) is 5.71. The predicted molar refractivity (Wildman–Crippen MR) is 114 cm³/mol. The van der Waals surface area contributed by atoms with Crippen molar-refractivity contribution in [3.05, 3.63) is 46.3 Å². The van der Waals surface area contributed by atoms with Crippen LogP contribution in [0, 0.1) is 11.8 Å². The van der Waals surface area contributed by atoms with E-state index in [1.165, 1.54) is 7.11 Å². The zero-order valence-corrected chi connectivity index (χ0v) is 18.8. The lowest BCUT2D eigenvalue weighted by Gasteiger charge is -2.38. The largest absolute Gasteiger partial charge is 0.468 e. The number of rotatable bonds is 4. The second-order valence-corrected chi connectivity index (χ2v) is 8.60. The monoisotopic (exact) mass is 441 g/mol. The minimum atomic E-state index is -0.933. The summed E-state index contributed by atoms with van der Waals surface area (Å²) >= 11 is 0. The summed E-state index contributed by atoms with van der Waals surface area (Å²) in [5.74, 6) is -2.18. The van der Waals surface area contributed by atoms with Crippen LogP contribution in [0.2, 0.25) is 0 Å². The molecule has 3 aliphatic rings. The molecular formula is C24H27NO7. The van der Waals surface area contributed by atoms with Crippen molar-refractivity contribution < 1.29 is 33.3 Å². The van der Waals surface area contributed by atoms with Gasteiger partial charge in [-0.15, -0.1) is 0 Å². The molecule has 0 saturated heterocycles. The predicted octanol–water partition coefficient (Wildman–Crippen LogP) is 2.98. The van der Waals surface area contributed by atoms with Crippen LogP contribution in [-0.2, 0) is 23.9 Å². The molecular weight excluding hydrogens is 414 g/mol. The first-order valence-electron chi connectivity index (χ1n) is 10.7. The topological polar surface area (TPSA) is 100 Å². The van der Waals surface area contributed by atoms with Crippen molar-refractivity contribution in [2.24, 2.45) is 11.8 Å². The summed E-state index contributed by atoms with van der Waals surface area (Å²) in [4.78, 5) is 39.3. The van der Waals surface area contributed by atoms with E-state index >= 15 is 0 Å². The summed E-state index contributed by atoms with van der Waals surface area (Å²) in [7, 11) is 1.27. The number of fused-ring (bicyclic) bond motifs is 1. The third-order valence-corrected chi connectivity index (χ3v) is 6.04. The highest BCUT2D eigenvalue weighted by Gasteiger charge is 2.47. The van der Waals surface area contributed by atoms with Crippen molar-refractivity contribution in [2.45, 2.75) is 46.1 Å². The average molecular weight is 441 g/mol. The Balaban J connectivity index is 1.87. The Labute approximate surface area is 186 Å². The molecule has 1 N–H and O–H groups in total. The molecule has 0 fully saturated rings. The molecule has 0 unspecified atom stereocenters. The number of ether oxygens (including phenoxy) is 4. The van der Waals surface area contributed by atoms with E-state index in [-0.39, 0.29) is 24.6 Å². The number of benzene rings is 1. The standard InChI is InChI=1S/C24H27NO7/c1-11(2)32-24(28)19-13(4)25-15-8-12(3)18(23(27)29-5)22(26)21(15)20(19)14-6-7-16-17(9-14)31-10-30-16/h6-7,9,11-12,18,20,25H,8,10H2,1-5H3/t12-,18-,20+/m1/s1. The molecule has 0 spiro atoms. The van der Waals surface area contributed by atoms with Crippen LogP contribution in [0.3, 0.4) is 0 Å². The van der Waals surface area contributed by atoms with Gasteiger partial charge >= 0.3 is 11.9 Å². The lowest BCUT2D eigenvalue weighted by molar-refractivity contribution is -0.151. The fourth-order valence-electron chi connectivity index (χ4n) is 4.65. The van der Waals surface area contributed by atoms with Gasteiger partial charge in [0.25, 0.3) is 0 Å². The van der Waals surface area contributed by atoms with Crippen LogP contribution in [-0.4, -0.2) is 37.7 Å². The fraction of sp³-hybridized carbons (Fsp3) is 0.458. The lowest BCUT2D eigenvalue weighted by atomic mass is 9.69. The van der Waals surface area contributed by atoms with E-state index in [0.717, 1.165) is 0 Å². The van der Waals surface area contributed by atoms with Crippen LogP contribution >= 0.6 is 0 Å². The number of carbonyl (C=O) groups excluding carboxylic acids is 3. The molecule has 0 amide bonds. The summed E-state index contributed by atoms with van der Waals surface area (Å²) in [5, 5.41) is 3.24. The Hall–Kier alpha value is -3.29. The number of dihydropyridines is 1. The second-order valence-electron chi connectivity index (χ2n) is 8.60. The number of Topliss-reactive ketones (excluding diaryl/α,β-unsaturated/α-hetero) is 1. The molecule has 1 aliphatic carbocycles. The van der Waals surface area contributed by atoms with E-state index in [4.69, 9.17) is 18.9 Å². The van der Waals surface area contributed by atoms with E-state index in [9.17, 15) is 14.4 Å². The average Bonchev–Trinajstić information content (AvgIpc) is 3.19. The molecule has 1 aromatic carbocycles. The minimum absolute atomic E-state index is 0.108. The SMILES string of the molecule is COC(=O)[C@H]1C(=O)C2=C(C[C@H]1C)NC(C)=C(C(=O)OC(C)C)[C@@H]2c1ccc2c(c1)OCO2. The van der Waals surface area contributed by atoms with Crippen molar-refractivity contribution in [1.82, 2.24) is 5.32 Å². The van der Waals surface area contributed by atoms with E-state index in [0.29, 0.717) is 46.0 Å². The zero-order chi connectivity index (χ0) is 23.2. The van der Waals surface area contributed by atoms with Gasteiger partial charge in [0.2, 0.25) is 6.79 Å². The van der Waals surface area contributed by atoms with Crippen molar-refractivity contribution in [3.63, 3.8) is 0 Å². The first kappa shape index (κ1) is 21.9. The van der Waals surface area contributed by atoms with Crippen molar-refractivity contribution >= 4 is 17.7 Å². The van der Waals surface area contributed by atoms with Crippen molar-refractivity contribution in [1.29, 1.82) is 0 Å². The Bertz CT molecular complexity index is 1050. The van der Waals surface area contributed by atoms with Crippen LogP contribution in [0.25, 0.3) is 0 Å². The molecule has 0 bridgehead atoms. The maximum atomic E-state index is 13.7. The summed E-state index contributed by atoms with van der Waals surface area (Å²) in [6, 6.07) is 5.34. The molecule has 2 heterocycles. The number of esters is 2. The van der Waals surface area contributed by atoms with Crippen molar-refractivity contribution in [3.8, 4) is 11.5 Å². The molecule has 4 rings (SSSR count). The van der Waals surface area contributed by atoms with Crippen molar-refractivity contribution in [2.75, 3.05) is 13.9 Å². The summed E-state index contributed by atoms with van der Waals surface area (Å²) in [6.07, 6.45) is 0.145. The van der Waals surface area contributed by atoms with Gasteiger partial charge in [0, 0.05) is 22.9 Å². The summed E-state index contributed by atoms with van der Waals surface area (Å²) < 4.78 is 21.4. The maximum Gasteiger partial charge on any atom is 0.337 e. The number of allylic oxidation sites excluding steroid dienone is 3. The zero-order valence-electron chi connectivity index (χ0n) is 18.8. The normalized spacial score (nSPS) is 24.3. The van der Waals surface area contributed by atoms with Crippen LogP contribution in [0.15, 0.2) is 40.7 Å². The number of hydrogen-bond acceptors (Lipinski definition) is 8. The van der Waals surface area contributed by atoms with Crippen LogP contribution in [0.1, 0.15) is 45.6 Å². The van der Waals surface area contributed by atoms with Gasteiger partial charge in [-0.3, -0.25) is 9.59 Å². The van der Waals surface area contributed by atoms with Crippen LogP contribution < -0.4 is 14.8 Å². The molecule has 0 aromatic heterocycles. The number of methoxy groups -OCH3 is 1. The minimum Gasteiger partial charge on any atom is -0.468 e. The molecule has 3 atom stereocenters.